The quantitative estimate of drug-likeness (QED) is 0.800. The molecule has 80 valence electrons. The van der Waals surface area contributed by atoms with Crippen molar-refractivity contribution in [2.75, 3.05) is 6.67 Å². The van der Waals surface area contributed by atoms with Crippen molar-refractivity contribution < 1.29 is 13.5 Å². The van der Waals surface area contributed by atoms with Gasteiger partial charge in [-0.15, -0.1) is 0 Å². The summed E-state index contributed by atoms with van der Waals surface area (Å²) in [5.74, 6) is 0.167. The molecule has 1 heterocycles. The lowest BCUT2D eigenvalue weighted by Gasteiger charge is -2.06. The van der Waals surface area contributed by atoms with E-state index in [4.69, 9.17) is 0 Å². The molecule has 0 saturated heterocycles. The molecule has 3 nitrogen and oxygen atoms in total. The van der Waals surface area contributed by atoms with Crippen LogP contribution in [0.15, 0.2) is 30.5 Å². The van der Waals surface area contributed by atoms with Gasteiger partial charge in [-0.1, -0.05) is 0 Å². The minimum absolute atomic E-state index is 0.167. The Morgan fingerprint density at radius 2 is 1.93 bits per heavy atom. The third-order valence-corrected chi connectivity index (χ3v) is 2.02. The zero-order valence-corrected chi connectivity index (χ0v) is 7.84. The zero-order chi connectivity index (χ0) is 10.7. The second-order valence-corrected chi connectivity index (χ2v) is 3.02. The molecule has 0 radical (unpaired) electrons. The van der Waals surface area contributed by atoms with Gasteiger partial charge >= 0.3 is 6.61 Å². The fourth-order valence-electron chi connectivity index (χ4n) is 1.35. The van der Waals surface area contributed by atoms with Crippen molar-refractivity contribution in [3.63, 3.8) is 0 Å². The van der Waals surface area contributed by atoms with Crippen LogP contribution in [0.1, 0.15) is 5.56 Å². The standard InChI is InChI=1S/C10H10F2N2O/c11-10(12)15-8-3-1-7(2-4-8)9-5-13-6-14-9/h1-5,10,13-14H,6H2. The van der Waals surface area contributed by atoms with Crippen molar-refractivity contribution in [1.82, 2.24) is 10.6 Å². The Morgan fingerprint density at radius 3 is 2.47 bits per heavy atom. The van der Waals surface area contributed by atoms with E-state index in [2.05, 4.69) is 15.4 Å². The molecule has 0 fully saturated rings. The van der Waals surface area contributed by atoms with E-state index in [1.165, 1.54) is 12.1 Å². The maximum Gasteiger partial charge on any atom is 0.387 e. The summed E-state index contributed by atoms with van der Waals surface area (Å²) in [4.78, 5) is 0. The van der Waals surface area contributed by atoms with Crippen molar-refractivity contribution in [2.45, 2.75) is 6.61 Å². The fraction of sp³-hybridized carbons (Fsp3) is 0.200. The molecule has 1 aromatic carbocycles. The van der Waals surface area contributed by atoms with Gasteiger partial charge in [0.2, 0.25) is 0 Å². The van der Waals surface area contributed by atoms with Crippen LogP contribution in [0.4, 0.5) is 8.78 Å². The first kappa shape index (κ1) is 9.76. The van der Waals surface area contributed by atoms with Gasteiger partial charge in [-0.25, -0.2) is 0 Å². The first-order valence-corrected chi connectivity index (χ1v) is 4.48. The monoisotopic (exact) mass is 212 g/mol. The van der Waals surface area contributed by atoms with Crippen molar-refractivity contribution in [1.29, 1.82) is 0 Å². The van der Waals surface area contributed by atoms with Crippen LogP contribution < -0.4 is 15.4 Å². The fourth-order valence-corrected chi connectivity index (χ4v) is 1.35. The molecule has 0 aliphatic carbocycles. The van der Waals surface area contributed by atoms with E-state index < -0.39 is 6.61 Å². The minimum atomic E-state index is -2.78. The number of benzene rings is 1. The van der Waals surface area contributed by atoms with Gasteiger partial charge in [0.1, 0.15) is 5.75 Å². The molecule has 0 amide bonds. The van der Waals surface area contributed by atoms with Crippen LogP contribution in [-0.4, -0.2) is 13.3 Å². The summed E-state index contributed by atoms with van der Waals surface area (Å²) >= 11 is 0. The highest BCUT2D eigenvalue weighted by atomic mass is 19.3. The van der Waals surface area contributed by atoms with Crippen LogP contribution in [-0.2, 0) is 0 Å². The molecule has 1 aliphatic heterocycles. The lowest BCUT2D eigenvalue weighted by Crippen LogP contribution is -2.13. The smallest absolute Gasteiger partial charge is 0.387 e. The maximum atomic E-state index is 11.9. The van der Waals surface area contributed by atoms with Crippen molar-refractivity contribution >= 4 is 5.70 Å². The number of hydrogen-bond acceptors (Lipinski definition) is 3. The normalized spacial score (nSPS) is 14.5. The Bertz CT molecular complexity index is 362. The first-order chi connectivity index (χ1) is 7.25. The number of ether oxygens (including phenoxy) is 1. The SMILES string of the molecule is FC(F)Oc1ccc(C2=CNCN2)cc1. The summed E-state index contributed by atoms with van der Waals surface area (Å²) in [5, 5.41) is 6.09. The highest BCUT2D eigenvalue weighted by Gasteiger charge is 2.07. The van der Waals surface area contributed by atoms with Crippen LogP contribution in [0.25, 0.3) is 5.70 Å². The Kier molecular flexibility index (Phi) is 2.71. The highest BCUT2D eigenvalue weighted by Crippen LogP contribution is 2.19. The molecular weight excluding hydrogens is 202 g/mol. The van der Waals surface area contributed by atoms with E-state index in [1.54, 1.807) is 12.1 Å². The second-order valence-electron chi connectivity index (χ2n) is 3.02. The van der Waals surface area contributed by atoms with Gasteiger partial charge in [-0.3, -0.25) is 0 Å². The van der Waals surface area contributed by atoms with Crippen LogP contribution in [0.5, 0.6) is 5.75 Å². The number of rotatable bonds is 3. The molecule has 0 saturated carbocycles. The van der Waals surface area contributed by atoms with E-state index in [-0.39, 0.29) is 5.75 Å². The molecule has 15 heavy (non-hydrogen) atoms. The lowest BCUT2D eigenvalue weighted by molar-refractivity contribution is -0.0498. The number of alkyl halides is 2. The van der Waals surface area contributed by atoms with Gasteiger partial charge < -0.3 is 15.4 Å². The summed E-state index contributed by atoms with van der Waals surface area (Å²) < 4.78 is 28.0. The topological polar surface area (TPSA) is 33.3 Å². The predicted octanol–water partition coefficient (Wildman–Crippen LogP) is 1.74. The number of nitrogens with one attached hydrogen (secondary N) is 2. The van der Waals surface area contributed by atoms with E-state index in [9.17, 15) is 8.78 Å². The Labute approximate surface area is 85.7 Å². The van der Waals surface area contributed by atoms with Crippen LogP contribution in [0, 0.1) is 0 Å². The lowest BCUT2D eigenvalue weighted by atomic mass is 10.1. The van der Waals surface area contributed by atoms with E-state index >= 15 is 0 Å². The molecule has 0 atom stereocenters. The van der Waals surface area contributed by atoms with Gasteiger partial charge in [-0.2, -0.15) is 8.78 Å². The number of halogens is 2. The highest BCUT2D eigenvalue weighted by molar-refractivity contribution is 5.65. The van der Waals surface area contributed by atoms with Gasteiger partial charge in [0.05, 0.1) is 12.4 Å². The number of hydrogen-bond donors (Lipinski definition) is 2. The third kappa shape index (κ3) is 2.37. The second kappa shape index (κ2) is 4.16. The molecular formula is C10H10F2N2O. The van der Waals surface area contributed by atoms with Crippen LogP contribution in [0.2, 0.25) is 0 Å². The Balaban J connectivity index is 2.10. The van der Waals surface area contributed by atoms with Gasteiger partial charge in [0, 0.05) is 6.20 Å². The molecule has 0 bridgehead atoms. The van der Waals surface area contributed by atoms with Crippen molar-refractivity contribution in [3.05, 3.63) is 36.0 Å². The van der Waals surface area contributed by atoms with Crippen molar-refractivity contribution in [3.8, 4) is 5.75 Å². The van der Waals surface area contributed by atoms with Crippen LogP contribution in [0.3, 0.4) is 0 Å². The van der Waals surface area contributed by atoms with Crippen LogP contribution >= 0.6 is 0 Å². The molecule has 1 aromatic rings. The molecule has 5 heteroatoms. The summed E-state index contributed by atoms with van der Waals surface area (Å²) in [6.07, 6.45) is 1.84. The Hall–Kier alpha value is -1.78. The van der Waals surface area contributed by atoms with Gasteiger partial charge in [0.25, 0.3) is 0 Å². The summed E-state index contributed by atoms with van der Waals surface area (Å²) in [7, 11) is 0. The predicted molar refractivity (Wildman–Crippen MR) is 52.2 cm³/mol. The van der Waals surface area contributed by atoms with E-state index in [1.807, 2.05) is 6.20 Å². The molecule has 0 unspecified atom stereocenters. The van der Waals surface area contributed by atoms with E-state index in [0.717, 1.165) is 11.3 Å². The molecule has 1 aliphatic rings. The van der Waals surface area contributed by atoms with E-state index in [0.29, 0.717) is 6.67 Å². The average molecular weight is 212 g/mol. The van der Waals surface area contributed by atoms with Crippen molar-refractivity contribution in [2.24, 2.45) is 0 Å². The Morgan fingerprint density at radius 1 is 1.20 bits per heavy atom. The third-order valence-electron chi connectivity index (χ3n) is 2.02. The summed E-state index contributed by atoms with van der Waals surface area (Å²) in [6, 6.07) is 6.48. The summed E-state index contributed by atoms with van der Waals surface area (Å²) in [5.41, 5.74) is 1.88. The molecule has 0 spiro atoms. The first-order valence-electron chi connectivity index (χ1n) is 4.48. The molecule has 2 rings (SSSR count). The summed E-state index contributed by atoms with van der Waals surface area (Å²) in [6.45, 7) is -2.09. The molecule has 0 aromatic heterocycles. The van der Waals surface area contributed by atoms with Gasteiger partial charge in [-0.05, 0) is 29.8 Å². The minimum Gasteiger partial charge on any atom is -0.435 e. The average Bonchev–Trinajstić information content (AvgIpc) is 2.71. The maximum absolute atomic E-state index is 11.9. The molecule has 2 N–H and O–H groups in total. The largest absolute Gasteiger partial charge is 0.435 e. The van der Waals surface area contributed by atoms with Gasteiger partial charge in [0.15, 0.2) is 0 Å². The zero-order valence-electron chi connectivity index (χ0n) is 7.84.